The van der Waals surface area contributed by atoms with E-state index < -0.39 is 12.5 Å². The first-order valence-corrected chi connectivity index (χ1v) is 5.44. The van der Waals surface area contributed by atoms with Gasteiger partial charge in [-0.25, -0.2) is 0 Å². The van der Waals surface area contributed by atoms with E-state index in [0.29, 0.717) is 6.42 Å². The summed E-state index contributed by atoms with van der Waals surface area (Å²) in [5.74, 6) is 0. The fraction of sp³-hybridized carbons (Fsp3) is 0.667. The van der Waals surface area contributed by atoms with Crippen LogP contribution in [0.1, 0.15) is 45.4 Å². The highest BCUT2D eigenvalue weighted by molar-refractivity contribution is 5.00. The molecule has 0 aliphatic heterocycles. The van der Waals surface area contributed by atoms with Gasteiger partial charge in [0, 0.05) is 6.42 Å². The van der Waals surface area contributed by atoms with Gasteiger partial charge in [-0.2, -0.15) is 8.78 Å². The quantitative estimate of drug-likeness (QED) is 0.481. The Hall–Kier alpha value is -0.700. The van der Waals surface area contributed by atoms with E-state index in [9.17, 15) is 8.78 Å². The fourth-order valence-electron chi connectivity index (χ4n) is 1.24. The van der Waals surface area contributed by atoms with E-state index in [1.54, 1.807) is 0 Å². The van der Waals surface area contributed by atoms with E-state index >= 15 is 0 Å². The van der Waals surface area contributed by atoms with Crippen molar-refractivity contribution in [2.45, 2.75) is 51.6 Å². The van der Waals surface area contributed by atoms with Crippen LogP contribution in [0.15, 0.2) is 24.3 Å². The summed E-state index contributed by atoms with van der Waals surface area (Å²) >= 11 is 0. The second-order valence-corrected chi connectivity index (χ2v) is 3.57. The van der Waals surface area contributed by atoms with Gasteiger partial charge in [0.05, 0.1) is 0 Å². The minimum Gasteiger partial charge on any atom is -0.336 e. The van der Waals surface area contributed by atoms with Crippen molar-refractivity contribution < 1.29 is 13.9 Å². The zero-order valence-corrected chi connectivity index (χ0v) is 9.26. The molecule has 0 bridgehead atoms. The van der Waals surface area contributed by atoms with Gasteiger partial charge < -0.3 is 5.11 Å². The first-order chi connectivity index (χ1) is 7.06. The molecule has 3 heteroatoms. The Bertz CT molecular complexity index is 192. The lowest BCUT2D eigenvalue weighted by atomic mass is 10.1. The third kappa shape index (κ3) is 13.3. The van der Waals surface area contributed by atoms with Crippen LogP contribution in [0.5, 0.6) is 0 Å². The summed E-state index contributed by atoms with van der Waals surface area (Å²) in [4.78, 5) is 0. The van der Waals surface area contributed by atoms with Crippen LogP contribution in [-0.4, -0.2) is 11.2 Å². The maximum absolute atomic E-state index is 12.0. The molecular weight excluding hydrogens is 198 g/mol. The maximum Gasteiger partial charge on any atom is 0.353 e. The van der Waals surface area contributed by atoms with Crippen LogP contribution < -0.4 is 0 Å². The second kappa shape index (κ2) is 8.60. The third-order valence-electron chi connectivity index (χ3n) is 2.04. The molecule has 0 atom stereocenters. The molecule has 1 N–H and O–H groups in total. The molecule has 0 spiro atoms. The predicted octanol–water partition coefficient (Wildman–Crippen LogP) is 4.04. The number of hydrogen-bond acceptors (Lipinski definition) is 1. The van der Waals surface area contributed by atoms with Gasteiger partial charge in [0.25, 0.3) is 0 Å². The summed E-state index contributed by atoms with van der Waals surface area (Å²) in [7, 11) is 0. The Balaban J connectivity index is 3.19. The lowest BCUT2D eigenvalue weighted by molar-refractivity contribution is -0.203. The number of halogens is 2. The van der Waals surface area contributed by atoms with Crippen LogP contribution >= 0.6 is 0 Å². The van der Waals surface area contributed by atoms with Crippen LogP contribution in [0.2, 0.25) is 0 Å². The predicted molar refractivity (Wildman–Crippen MR) is 58.8 cm³/mol. The molecule has 0 aromatic carbocycles. The van der Waals surface area contributed by atoms with E-state index in [0.717, 1.165) is 25.7 Å². The lowest BCUT2D eigenvalue weighted by Gasteiger charge is -2.07. The molecule has 0 heterocycles. The highest BCUT2D eigenvalue weighted by Crippen LogP contribution is 2.18. The fourth-order valence-corrected chi connectivity index (χ4v) is 1.24. The Morgan fingerprint density at radius 2 is 1.73 bits per heavy atom. The van der Waals surface area contributed by atoms with Gasteiger partial charge in [0.15, 0.2) is 0 Å². The number of hydrogen-bond donors (Lipinski definition) is 1. The minimum absolute atomic E-state index is 0.391. The first kappa shape index (κ1) is 14.3. The third-order valence-corrected chi connectivity index (χ3v) is 2.04. The number of alkyl halides is 2. The maximum atomic E-state index is 12.0. The standard InChI is InChI=1S/C12H20F2O/c1-2-3-4-5-6-7-8-9-10-11-12(13,14)15/h2-5,15H,6-11H2,1H3/b3-2+,5-4+. The number of aliphatic hydroxyl groups is 1. The van der Waals surface area contributed by atoms with Crippen molar-refractivity contribution in [2.75, 3.05) is 0 Å². The van der Waals surface area contributed by atoms with E-state index in [-0.39, 0.29) is 0 Å². The van der Waals surface area contributed by atoms with Crippen molar-refractivity contribution in [1.29, 1.82) is 0 Å². The number of unbranched alkanes of at least 4 members (excludes halogenated alkanes) is 4. The van der Waals surface area contributed by atoms with Crippen molar-refractivity contribution in [1.82, 2.24) is 0 Å². The van der Waals surface area contributed by atoms with Gasteiger partial charge in [0.1, 0.15) is 0 Å². The highest BCUT2D eigenvalue weighted by atomic mass is 19.3. The zero-order chi connectivity index (χ0) is 11.6. The molecule has 88 valence electrons. The van der Waals surface area contributed by atoms with Gasteiger partial charge in [0.2, 0.25) is 0 Å². The van der Waals surface area contributed by atoms with Crippen LogP contribution in [0.25, 0.3) is 0 Å². The summed E-state index contributed by atoms with van der Waals surface area (Å²) < 4.78 is 23.9. The summed E-state index contributed by atoms with van der Waals surface area (Å²) in [5, 5.41) is 8.17. The molecule has 15 heavy (non-hydrogen) atoms. The van der Waals surface area contributed by atoms with Gasteiger partial charge in [-0.3, -0.25) is 0 Å². The van der Waals surface area contributed by atoms with Gasteiger partial charge in [-0.1, -0.05) is 37.1 Å². The van der Waals surface area contributed by atoms with Crippen LogP contribution in [0.3, 0.4) is 0 Å². The zero-order valence-electron chi connectivity index (χ0n) is 9.26. The number of allylic oxidation sites excluding steroid dienone is 4. The number of rotatable bonds is 8. The van der Waals surface area contributed by atoms with E-state index in [4.69, 9.17) is 5.11 Å². The van der Waals surface area contributed by atoms with E-state index in [1.807, 2.05) is 25.2 Å². The monoisotopic (exact) mass is 218 g/mol. The second-order valence-electron chi connectivity index (χ2n) is 3.57. The van der Waals surface area contributed by atoms with Crippen molar-refractivity contribution >= 4 is 0 Å². The van der Waals surface area contributed by atoms with E-state index in [2.05, 4.69) is 6.08 Å². The van der Waals surface area contributed by atoms with Gasteiger partial charge in [-0.15, -0.1) is 0 Å². The van der Waals surface area contributed by atoms with Crippen LogP contribution in [0, 0.1) is 0 Å². The molecule has 0 aliphatic rings. The average Bonchev–Trinajstić information content (AvgIpc) is 2.14. The molecule has 0 rings (SSSR count). The van der Waals surface area contributed by atoms with Crippen molar-refractivity contribution in [3.8, 4) is 0 Å². The normalized spacial score (nSPS) is 13.1. The molecule has 0 fully saturated rings. The van der Waals surface area contributed by atoms with E-state index in [1.165, 1.54) is 0 Å². The smallest absolute Gasteiger partial charge is 0.336 e. The Morgan fingerprint density at radius 3 is 2.33 bits per heavy atom. The summed E-state index contributed by atoms with van der Waals surface area (Å²) in [5.41, 5.74) is 0. The molecule has 0 aliphatic carbocycles. The van der Waals surface area contributed by atoms with Gasteiger partial charge >= 0.3 is 6.11 Å². The average molecular weight is 218 g/mol. The molecule has 0 aromatic rings. The summed E-state index contributed by atoms with van der Waals surface area (Å²) in [6, 6.07) is 0. The highest BCUT2D eigenvalue weighted by Gasteiger charge is 2.22. The van der Waals surface area contributed by atoms with Crippen molar-refractivity contribution in [3.63, 3.8) is 0 Å². The SMILES string of the molecule is C/C=C/C=C/CCCCCCC(O)(F)F. The molecule has 0 saturated carbocycles. The molecular formula is C12H20F2O. The summed E-state index contributed by atoms with van der Waals surface area (Å²) in [6.07, 6.45) is 8.18. The van der Waals surface area contributed by atoms with Crippen LogP contribution in [-0.2, 0) is 0 Å². The molecule has 0 aromatic heterocycles. The van der Waals surface area contributed by atoms with Gasteiger partial charge in [-0.05, 0) is 26.2 Å². The molecule has 0 radical (unpaired) electrons. The largest absolute Gasteiger partial charge is 0.353 e. The minimum atomic E-state index is -3.48. The lowest BCUT2D eigenvalue weighted by Crippen LogP contribution is -2.13. The Kier molecular flexibility index (Phi) is 8.19. The molecule has 0 unspecified atom stereocenters. The summed E-state index contributed by atoms with van der Waals surface area (Å²) in [6.45, 7) is 1.96. The van der Waals surface area contributed by atoms with Crippen molar-refractivity contribution in [3.05, 3.63) is 24.3 Å². The first-order valence-electron chi connectivity index (χ1n) is 5.44. The Labute approximate surface area is 90.5 Å². The topological polar surface area (TPSA) is 20.2 Å². The Morgan fingerprint density at radius 1 is 1.07 bits per heavy atom. The molecule has 0 saturated heterocycles. The van der Waals surface area contributed by atoms with Crippen molar-refractivity contribution in [2.24, 2.45) is 0 Å². The molecule has 1 nitrogen and oxygen atoms in total. The van der Waals surface area contributed by atoms with Crippen LogP contribution in [0.4, 0.5) is 8.78 Å². The molecule has 0 amide bonds.